The fourth-order valence-corrected chi connectivity index (χ4v) is 9.94. The van der Waals surface area contributed by atoms with Crippen LogP contribution < -0.4 is 0 Å². The number of esters is 1. The van der Waals surface area contributed by atoms with Gasteiger partial charge in [0.1, 0.15) is 6.61 Å². The Kier molecular flexibility index (Phi) is 9.99. The van der Waals surface area contributed by atoms with E-state index in [-0.39, 0.29) is 65.0 Å². The van der Waals surface area contributed by atoms with Crippen LogP contribution in [-0.4, -0.2) is 72.0 Å². The molecule has 0 aromatic carbocycles. The summed E-state index contributed by atoms with van der Waals surface area (Å²) in [6, 6.07) is 0. The minimum Gasteiger partial charge on any atom is -0.481 e. The van der Waals surface area contributed by atoms with E-state index < -0.39 is 24.1 Å². The molecule has 3 N–H and O–H groups in total. The van der Waals surface area contributed by atoms with Crippen LogP contribution in [0.1, 0.15) is 92.4 Å². The molecule has 0 unspecified atom stereocenters. The third-order valence-electron chi connectivity index (χ3n) is 12.4. The monoisotopic (exact) mass is 578 g/mol. The van der Waals surface area contributed by atoms with Gasteiger partial charge in [0.15, 0.2) is 0 Å². The highest BCUT2D eigenvalue weighted by atomic mass is 16.6. The quantitative estimate of drug-likeness (QED) is 0.168. The number of hydrogen-bond acceptors (Lipinski definition) is 7. The summed E-state index contributed by atoms with van der Waals surface area (Å²) < 4.78 is 16.9. The summed E-state index contributed by atoms with van der Waals surface area (Å²) in [7, 11) is 0. The molecule has 4 saturated carbocycles. The van der Waals surface area contributed by atoms with Crippen molar-refractivity contribution in [1.29, 1.82) is 0 Å². The van der Waals surface area contributed by atoms with Crippen LogP contribution in [0.15, 0.2) is 12.2 Å². The smallest absolute Gasteiger partial charge is 0.333 e. The highest BCUT2D eigenvalue weighted by Gasteiger charge is 2.68. The van der Waals surface area contributed by atoms with Gasteiger partial charge in [-0.2, -0.15) is 0 Å². The molecule has 4 rings (SSSR count). The number of ether oxygens (including phenoxy) is 3. The number of aliphatic hydroxyl groups is 2. The van der Waals surface area contributed by atoms with E-state index in [4.69, 9.17) is 14.2 Å². The van der Waals surface area contributed by atoms with Crippen LogP contribution in [-0.2, 0) is 23.8 Å². The molecule has 4 aliphatic rings. The molecule has 8 heteroatoms. The average molecular weight is 579 g/mol. The average Bonchev–Trinajstić information content (AvgIpc) is 3.26. The van der Waals surface area contributed by atoms with E-state index in [2.05, 4.69) is 34.3 Å². The zero-order chi connectivity index (χ0) is 30.2. The molecule has 0 aromatic rings. The first-order valence-electron chi connectivity index (χ1n) is 15.8. The van der Waals surface area contributed by atoms with Crippen molar-refractivity contribution in [3.05, 3.63) is 12.2 Å². The number of rotatable bonds is 12. The van der Waals surface area contributed by atoms with Gasteiger partial charge < -0.3 is 29.5 Å². The summed E-state index contributed by atoms with van der Waals surface area (Å²) in [5.74, 6) is 0.0209. The van der Waals surface area contributed by atoms with E-state index in [1.807, 2.05) is 0 Å². The lowest BCUT2D eigenvalue weighted by atomic mass is 9.39. The molecule has 0 aromatic heterocycles. The lowest BCUT2D eigenvalue weighted by Gasteiger charge is -2.67. The SMILES string of the molecule is C=C(C)C(=O)OCCOCCO[C@H]1CC[C@]2(C)[C@H]3C[C@H](O)[C@]4(C)[C@@H]([C@H](C)CCC(=O)O)CC[C@H]4[C@@H]3[C@H](O)C[C@]2(C)C1. The number of aliphatic carboxylic acids is 1. The van der Waals surface area contributed by atoms with Crippen LogP contribution in [0.4, 0.5) is 0 Å². The molecular formula is C33H54O8. The molecule has 0 saturated heterocycles. The summed E-state index contributed by atoms with van der Waals surface area (Å²) in [5.41, 5.74) is 0.00859. The van der Waals surface area contributed by atoms with E-state index in [0.717, 1.165) is 38.5 Å². The molecule has 0 spiro atoms. The largest absolute Gasteiger partial charge is 0.481 e. The lowest BCUT2D eigenvalue weighted by molar-refractivity contribution is -0.236. The van der Waals surface area contributed by atoms with E-state index in [0.29, 0.717) is 38.2 Å². The topological polar surface area (TPSA) is 123 Å². The molecule has 8 nitrogen and oxygen atoms in total. The van der Waals surface area contributed by atoms with Gasteiger partial charge in [-0.1, -0.05) is 34.3 Å². The number of aliphatic hydroxyl groups excluding tert-OH is 2. The van der Waals surface area contributed by atoms with Crippen molar-refractivity contribution >= 4 is 11.9 Å². The first kappa shape index (κ1) is 32.4. The second-order valence-corrected chi connectivity index (χ2v) is 14.5. The van der Waals surface area contributed by atoms with Gasteiger partial charge in [0.2, 0.25) is 0 Å². The number of carboxylic acid groups (broad SMARTS) is 1. The maximum Gasteiger partial charge on any atom is 0.333 e. The van der Waals surface area contributed by atoms with Crippen molar-refractivity contribution in [2.45, 2.75) is 111 Å². The molecule has 4 aliphatic carbocycles. The number of carbonyl (C=O) groups excluding carboxylic acids is 1. The fraction of sp³-hybridized carbons (Fsp3) is 0.879. The first-order valence-corrected chi connectivity index (χ1v) is 15.8. The molecule has 0 radical (unpaired) electrons. The summed E-state index contributed by atoms with van der Waals surface area (Å²) in [6.45, 7) is 15.7. The fourth-order valence-electron chi connectivity index (χ4n) is 9.94. The summed E-state index contributed by atoms with van der Waals surface area (Å²) in [6.07, 6.45) is 6.34. The van der Waals surface area contributed by atoms with Crippen molar-refractivity contribution in [3.8, 4) is 0 Å². The Hall–Kier alpha value is -1.48. The third kappa shape index (κ3) is 6.13. The van der Waals surface area contributed by atoms with Gasteiger partial charge in [-0.05, 0) is 104 Å². The molecule has 41 heavy (non-hydrogen) atoms. The van der Waals surface area contributed by atoms with Crippen molar-refractivity contribution < 1.29 is 39.1 Å². The second kappa shape index (κ2) is 12.6. The van der Waals surface area contributed by atoms with Crippen molar-refractivity contribution in [3.63, 3.8) is 0 Å². The molecule has 0 heterocycles. The predicted molar refractivity (Wildman–Crippen MR) is 155 cm³/mol. The van der Waals surface area contributed by atoms with Gasteiger partial charge in [-0.25, -0.2) is 4.79 Å². The Morgan fingerprint density at radius 3 is 2.39 bits per heavy atom. The molecule has 0 aliphatic heterocycles. The van der Waals surface area contributed by atoms with Gasteiger partial charge in [0.25, 0.3) is 0 Å². The van der Waals surface area contributed by atoms with Crippen LogP contribution in [0.2, 0.25) is 0 Å². The Labute approximate surface area is 246 Å². The van der Waals surface area contributed by atoms with Gasteiger partial charge in [-0.15, -0.1) is 0 Å². The molecule has 0 amide bonds. The van der Waals surface area contributed by atoms with Gasteiger partial charge >= 0.3 is 11.9 Å². The highest BCUT2D eigenvalue weighted by molar-refractivity contribution is 5.86. The molecule has 11 atom stereocenters. The molecule has 234 valence electrons. The number of carbonyl (C=O) groups is 2. The lowest BCUT2D eigenvalue weighted by Crippen LogP contribution is -2.65. The van der Waals surface area contributed by atoms with E-state index in [1.165, 1.54) is 0 Å². The molecule has 0 bridgehead atoms. The molecule has 4 fully saturated rings. The van der Waals surface area contributed by atoms with Crippen molar-refractivity contribution in [2.24, 2.45) is 45.8 Å². The van der Waals surface area contributed by atoms with Gasteiger partial charge in [-0.3, -0.25) is 4.79 Å². The minimum absolute atomic E-state index is 0.00966. The maximum atomic E-state index is 11.8. The summed E-state index contributed by atoms with van der Waals surface area (Å²) in [5, 5.41) is 32.8. The van der Waals surface area contributed by atoms with Crippen LogP contribution in [0.5, 0.6) is 0 Å². The minimum atomic E-state index is -0.760. The normalized spacial score (nSPS) is 42.5. The highest BCUT2D eigenvalue weighted by Crippen LogP contribution is 2.71. The van der Waals surface area contributed by atoms with E-state index in [1.54, 1.807) is 6.92 Å². The van der Waals surface area contributed by atoms with Gasteiger partial charge in [0, 0.05) is 12.0 Å². The zero-order valence-corrected chi connectivity index (χ0v) is 25.9. The maximum absolute atomic E-state index is 11.8. The van der Waals surface area contributed by atoms with Crippen LogP contribution >= 0.6 is 0 Å². The molecular weight excluding hydrogens is 524 g/mol. The predicted octanol–water partition coefficient (Wildman–Crippen LogP) is 5.00. The Morgan fingerprint density at radius 1 is 1.00 bits per heavy atom. The standard InChI is InChI=1S/C33H54O8/c1-20(2)30(38)41-16-14-39-13-15-40-22-11-12-32(5)25-17-27(35)33(6)23(21(3)7-10-28(36)37)8-9-24(33)29(25)26(34)19-31(32,4)18-22/h21-27,29,34-35H,1,7-19H2,2-6H3,(H,36,37)/t21-,22+,23-,24+,25+,26-,27+,29+,31+,32-,33-/m1/s1. The number of hydrogen-bond donors (Lipinski definition) is 3. The number of fused-ring (bicyclic) bond motifs is 5. The zero-order valence-electron chi connectivity index (χ0n) is 25.9. The van der Waals surface area contributed by atoms with Crippen molar-refractivity contribution in [2.75, 3.05) is 26.4 Å². The Morgan fingerprint density at radius 2 is 1.71 bits per heavy atom. The summed E-state index contributed by atoms with van der Waals surface area (Å²) >= 11 is 0. The van der Waals surface area contributed by atoms with Crippen LogP contribution in [0, 0.1) is 45.8 Å². The summed E-state index contributed by atoms with van der Waals surface area (Å²) in [4.78, 5) is 22.7. The second-order valence-electron chi connectivity index (χ2n) is 14.5. The van der Waals surface area contributed by atoms with Crippen molar-refractivity contribution in [1.82, 2.24) is 0 Å². The van der Waals surface area contributed by atoms with E-state index in [9.17, 15) is 24.9 Å². The third-order valence-corrected chi connectivity index (χ3v) is 12.4. The Bertz CT molecular complexity index is 967. The van der Waals surface area contributed by atoms with Gasteiger partial charge in [0.05, 0.1) is 38.1 Å². The first-order chi connectivity index (χ1) is 19.2. The van der Waals surface area contributed by atoms with E-state index >= 15 is 0 Å². The van der Waals surface area contributed by atoms with Crippen LogP contribution in [0.25, 0.3) is 0 Å². The Balaban J connectivity index is 1.36. The van der Waals surface area contributed by atoms with Crippen LogP contribution in [0.3, 0.4) is 0 Å². The number of carboxylic acids is 1.